The highest BCUT2D eigenvalue weighted by Crippen LogP contribution is 2.34. The number of benzene rings is 1. The van der Waals surface area contributed by atoms with Gasteiger partial charge in [0.25, 0.3) is 0 Å². The fraction of sp³-hybridized carbons (Fsp3) is 0. The number of aromatic carboxylic acids is 1. The Morgan fingerprint density at radius 2 is 2.12 bits per heavy atom. The minimum Gasteiger partial charge on any atom is -0.476 e. The van der Waals surface area contributed by atoms with Crippen molar-refractivity contribution in [2.45, 2.75) is 0 Å². The molecule has 1 heterocycles. The van der Waals surface area contributed by atoms with Gasteiger partial charge in [-0.15, -0.1) is 0 Å². The second-order valence-electron chi connectivity index (χ2n) is 3.06. The lowest BCUT2D eigenvalue weighted by atomic mass is 10.1. The van der Waals surface area contributed by atoms with Gasteiger partial charge in [-0.1, -0.05) is 35.0 Å². The van der Waals surface area contributed by atoms with Crippen LogP contribution in [0.1, 0.15) is 10.5 Å². The molecular weight excluding hydrogens is 232 g/mol. The van der Waals surface area contributed by atoms with Gasteiger partial charge < -0.3 is 15.4 Å². The van der Waals surface area contributed by atoms with Gasteiger partial charge in [0.15, 0.2) is 0 Å². The van der Waals surface area contributed by atoms with E-state index in [9.17, 15) is 4.79 Å². The number of anilines is 1. The Morgan fingerprint density at radius 3 is 2.75 bits per heavy atom. The molecule has 0 atom stereocenters. The Bertz CT molecular complexity index is 551. The van der Waals surface area contributed by atoms with Crippen molar-refractivity contribution in [1.82, 2.24) is 5.16 Å². The first-order chi connectivity index (χ1) is 7.61. The monoisotopic (exact) mass is 238 g/mol. The Hall–Kier alpha value is -2.01. The standard InChI is InChI=1S/C10H7ClN2O3/c11-6-4-2-1-3-5(6)7-8(10(14)15)13-16-9(7)12/h1-4H,12H2,(H,14,15). The first-order valence-corrected chi connectivity index (χ1v) is 4.72. The van der Waals surface area contributed by atoms with Crippen molar-refractivity contribution < 1.29 is 14.4 Å². The summed E-state index contributed by atoms with van der Waals surface area (Å²) in [6.07, 6.45) is 0. The first-order valence-electron chi connectivity index (χ1n) is 4.34. The van der Waals surface area contributed by atoms with Crippen LogP contribution in [0.3, 0.4) is 0 Å². The van der Waals surface area contributed by atoms with Gasteiger partial charge in [-0.2, -0.15) is 0 Å². The smallest absolute Gasteiger partial charge is 0.358 e. The highest BCUT2D eigenvalue weighted by atomic mass is 35.5. The van der Waals surface area contributed by atoms with E-state index in [4.69, 9.17) is 22.4 Å². The number of hydrogen-bond acceptors (Lipinski definition) is 4. The van der Waals surface area contributed by atoms with Crippen molar-refractivity contribution in [3.63, 3.8) is 0 Å². The highest BCUT2D eigenvalue weighted by molar-refractivity contribution is 6.33. The molecule has 1 aromatic carbocycles. The largest absolute Gasteiger partial charge is 0.476 e. The number of carbonyl (C=O) groups is 1. The number of hydrogen-bond donors (Lipinski definition) is 2. The third kappa shape index (κ3) is 1.61. The molecule has 0 radical (unpaired) electrons. The van der Waals surface area contributed by atoms with Crippen molar-refractivity contribution >= 4 is 23.5 Å². The zero-order valence-electron chi connectivity index (χ0n) is 7.98. The molecule has 0 unspecified atom stereocenters. The molecule has 0 saturated carbocycles. The van der Waals surface area contributed by atoms with Crippen LogP contribution >= 0.6 is 11.6 Å². The van der Waals surface area contributed by atoms with Crippen LogP contribution in [-0.4, -0.2) is 16.2 Å². The van der Waals surface area contributed by atoms with E-state index in [2.05, 4.69) is 9.68 Å². The SMILES string of the molecule is Nc1onc(C(=O)O)c1-c1ccccc1Cl. The maximum absolute atomic E-state index is 10.9. The molecule has 0 saturated heterocycles. The molecule has 0 bridgehead atoms. The van der Waals surface area contributed by atoms with Crippen molar-refractivity contribution in [3.05, 3.63) is 35.0 Å². The molecule has 2 rings (SSSR count). The predicted molar refractivity (Wildman–Crippen MR) is 58.3 cm³/mol. The van der Waals surface area contributed by atoms with Crippen LogP contribution in [0.5, 0.6) is 0 Å². The van der Waals surface area contributed by atoms with Crippen LogP contribution in [-0.2, 0) is 0 Å². The summed E-state index contributed by atoms with van der Waals surface area (Å²) in [6, 6.07) is 6.74. The lowest BCUT2D eigenvalue weighted by Gasteiger charge is -2.01. The third-order valence-electron chi connectivity index (χ3n) is 2.06. The minimum atomic E-state index is -1.21. The number of halogens is 1. The van der Waals surface area contributed by atoms with Crippen LogP contribution in [0.2, 0.25) is 5.02 Å². The summed E-state index contributed by atoms with van der Waals surface area (Å²) in [5.74, 6) is -1.28. The lowest BCUT2D eigenvalue weighted by molar-refractivity contribution is 0.0686. The van der Waals surface area contributed by atoms with Gasteiger partial charge in [-0.05, 0) is 6.07 Å². The average Bonchev–Trinajstić information content (AvgIpc) is 2.61. The van der Waals surface area contributed by atoms with E-state index in [1.807, 2.05) is 0 Å². The molecule has 0 aliphatic carbocycles. The van der Waals surface area contributed by atoms with E-state index >= 15 is 0 Å². The number of nitrogens with two attached hydrogens (primary N) is 1. The number of carboxylic acids is 1. The van der Waals surface area contributed by atoms with E-state index in [0.717, 1.165) is 0 Å². The molecular formula is C10H7ClN2O3. The van der Waals surface area contributed by atoms with E-state index in [1.165, 1.54) is 0 Å². The van der Waals surface area contributed by atoms with Gasteiger partial charge in [0.2, 0.25) is 11.6 Å². The van der Waals surface area contributed by atoms with E-state index in [-0.39, 0.29) is 17.1 Å². The Labute approximate surface area is 95.4 Å². The summed E-state index contributed by atoms with van der Waals surface area (Å²) < 4.78 is 4.65. The average molecular weight is 239 g/mol. The van der Waals surface area contributed by atoms with E-state index < -0.39 is 5.97 Å². The second kappa shape index (κ2) is 3.86. The molecule has 0 spiro atoms. The fourth-order valence-corrected chi connectivity index (χ4v) is 1.60. The normalized spacial score (nSPS) is 10.3. The Balaban J connectivity index is 2.68. The molecule has 5 nitrogen and oxygen atoms in total. The maximum Gasteiger partial charge on any atom is 0.358 e. The predicted octanol–water partition coefficient (Wildman–Crippen LogP) is 2.28. The van der Waals surface area contributed by atoms with Crippen LogP contribution in [0, 0.1) is 0 Å². The summed E-state index contributed by atoms with van der Waals surface area (Å²) in [5, 5.41) is 12.7. The summed E-state index contributed by atoms with van der Waals surface area (Å²) in [6.45, 7) is 0. The second-order valence-corrected chi connectivity index (χ2v) is 3.46. The van der Waals surface area contributed by atoms with Crippen LogP contribution in [0.4, 0.5) is 5.88 Å². The Morgan fingerprint density at radius 1 is 1.44 bits per heavy atom. The van der Waals surface area contributed by atoms with Crippen LogP contribution in [0.25, 0.3) is 11.1 Å². The first kappa shape index (κ1) is 10.5. The van der Waals surface area contributed by atoms with E-state index in [0.29, 0.717) is 10.6 Å². The molecule has 0 fully saturated rings. The quantitative estimate of drug-likeness (QED) is 0.838. The highest BCUT2D eigenvalue weighted by Gasteiger charge is 2.22. The minimum absolute atomic E-state index is 0.0644. The molecule has 0 amide bonds. The zero-order chi connectivity index (χ0) is 11.7. The number of rotatable bonds is 2. The number of carboxylic acid groups (broad SMARTS) is 1. The molecule has 6 heteroatoms. The molecule has 1 aromatic heterocycles. The summed E-state index contributed by atoms with van der Waals surface area (Å²) >= 11 is 5.95. The van der Waals surface area contributed by atoms with E-state index in [1.54, 1.807) is 24.3 Å². The van der Waals surface area contributed by atoms with Crippen molar-refractivity contribution in [2.75, 3.05) is 5.73 Å². The number of aromatic nitrogens is 1. The van der Waals surface area contributed by atoms with Gasteiger partial charge in [-0.3, -0.25) is 0 Å². The van der Waals surface area contributed by atoms with Gasteiger partial charge in [-0.25, -0.2) is 4.79 Å². The van der Waals surface area contributed by atoms with Crippen molar-refractivity contribution in [3.8, 4) is 11.1 Å². The molecule has 82 valence electrons. The molecule has 16 heavy (non-hydrogen) atoms. The lowest BCUT2D eigenvalue weighted by Crippen LogP contribution is -1.99. The van der Waals surface area contributed by atoms with Crippen molar-refractivity contribution in [1.29, 1.82) is 0 Å². The Kier molecular flexibility index (Phi) is 2.54. The number of nitrogens with zero attached hydrogens (tertiary/aromatic N) is 1. The maximum atomic E-state index is 10.9. The van der Waals surface area contributed by atoms with Gasteiger partial charge in [0.05, 0.1) is 5.56 Å². The topological polar surface area (TPSA) is 89.4 Å². The van der Waals surface area contributed by atoms with Gasteiger partial charge in [0, 0.05) is 10.6 Å². The fourth-order valence-electron chi connectivity index (χ4n) is 1.37. The summed E-state index contributed by atoms with van der Waals surface area (Å²) in [4.78, 5) is 10.9. The zero-order valence-corrected chi connectivity index (χ0v) is 8.73. The third-order valence-corrected chi connectivity index (χ3v) is 2.39. The molecule has 0 aliphatic heterocycles. The number of nitrogen functional groups attached to an aromatic ring is 1. The van der Waals surface area contributed by atoms with Crippen molar-refractivity contribution in [2.24, 2.45) is 0 Å². The summed E-state index contributed by atoms with van der Waals surface area (Å²) in [5.41, 5.74) is 5.98. The molecule has 2 aromatic rings. The van der Waals surface area contributed by atoms with Crippen LogP contribution in [0.15, 0.2) is 28.8 Å². The van der Waals surface area contributed by atoms with Gasteiger partial charge in [0.1, 0.15) is 0 Å². The molecule has 3 N–H and O–H groups in total. The van der Waals surface area contributed by atoms with Gasteiger partial charge >= 0.3 is 5.97 Å². The van der Waals surface area contributed by atoms with Crippen LogP contribution < -0.4 is 5.73 Å². The molecule has 0 aliphatic rings. The summed E-state index contributed by atoms with van der Waals surface area (Å²) in [7, 11) is 0.